The summed E-state index contributed by atoms with van der Waals surface area (Å²) in [5.41, 5.74) is 4.13. The first-order valence-corrected chi connectivity index (χ1v) is 8.98. The van der Waals surface area contributed by atoms with Crippen LogP contribution in [0.4, 0.5) is 5.69 Å². The van der Waals surface area contributed by atoms with E-state index in [2.05, 4.69) is 12.1 Å². The van der Waals surface area contributed by atoms with Gasteiger partial charge in [-0.25, -0.2) is 0 Å². The average Bonchev–Trinajstić information content (AvgIpc) is 2.67. The maximum absolute atomic E-state index is 13.0. The molecule has 2 amide bonds. The summed E-state index contributed by atoms with van der Waals surface area (Å²) in [4.78, 5) is 31.2. The lowest BCUT2D eigenvalue weighted by Gasteiger charge is -2.44. The lowest BCUT2D eigenvalue weighted by atomic mass is 9.90. The summed E-state index contributed by atoms with van der Waals surface area (Å²) in [5.74, 6) is -0.0413. The Morgan fingerprint density at radius 1 is 1.08 bits per heavy atom. The molecule has 2 aromatic carbocycles. The number of hydrogen-bond donors (Lipinski definition) is 0. The molecule has 2 aliphatic heterocycles. The number of nitrogens with zero attached hydrogens (tertiary/aromatic N) is 3. The Balaban J connectivity index is 1.59. The molecule has 0 aliphatic carbocycles. The minimum Gasteiger partial charge on any atom is -0.378 e. The Labute approximate surface area is 153 Å². The van der Waals surface area contributed by atoms with Crippen molar-refractivity contribution in [1.82, 2.24) is 9.80 Å². The Morgan fingerprint density at radius 2 is 1.81 bits per heavy atom. The second-order valence-corrected chi connectivity index (χ2v) is 7.18. The first-order chi connectivity index (χ1) is 12.5. The third-order valence-electron chi connectivity index (χ3n) is 5.37. The lowest BCUT2D eigenvalue weighted by Crippen LogP contribution is -2.55. The predicted molar refractivity (Wildman–Crippen MR) is 101 cm³/mol. The van der Waals surface area contributed by atoms with Crippen LogP contribution in [0.1, 0.15) is 27.5 Å². The molecule has 2 heterocycles. The van der Waals surface area contributed by atoms with Gasteiger partial charge in [-0.2, -0.15) is 0 Å². The van der Waals surface area contributed by atoms with Crippen molar-refractivity contribution >= 4 is 17.5 Å². The topological polar surface area (TPSA) is 43.9 Å². The van der Waals surface area contributed by atoms with E-state index in [1.807, 2.05) is 60.3 Å². The number of carbonyl (C=O) groups excluding carboxylic acids is 2. The summed E-state index contributed by atoms with van der Waals surface area (Å²) in [5, 5.41) is 0. The fourth-order valence-corrected chi connectivity index (χ4v) is 3.91. The number of benzene rings is 2. The Bertz CT molecular complexity index is 845. The van der Waals surface area contributed by atoms with Gasteiger partial charge in [0, 0.05) is 38.4 Å². The van der Waals surface area contributed by atoms with Gasteiger partial charge < -0.3 is 14.7 Å². The van der Waals surface area contributed by atoms with Gasteiger partial charge in [0.2, 0.25) is 5.91 Å². The molecule has 5 heteroatoms. The van der Waals surface area contributed by atoms with Crippen molar-refractivity contribution in [3.63, 3.8) is 0 Å². The van der Waals surface area contributed by atoms with Crippen molar-refractivity contribution in [3.05, 3.63) is 65.2 Å². The summed E-state index contributed by atoms with van der Waals surface area (Å²) in [6.07, 6.45) is 0.887. The Morgan fingerprint density at radius 3 is 2.54 bits per heavy atom. The number of carbonyl (C=O) groups is 2. The van der Waals surface area contributed by atoms with E-state index >= 15 is 0 Å². The van der Waals surface area contributed by atoms with Crippen LogP contribution in [0.25, 0.3) is 0 Å². The van der Waals surface area contributed by atoms with Crippen molar-refractivity contribution < 1.29 is 9.59 Å². The van der Waals surface area contributed by atoms with E-state index < -0.39 is 0 Å². The lowest BCUT2D eigenvalue weighted by molar-refractivity contribution is -0.139. The van der Waals surface area contributed by atoms with Crippen LogP contribution < -0.4 is 4.90 Å². The van der Waals surface area contributed by atoms with Gasteiger partial charge in [0.1, 0.15) is 6.54 Å². The monoisotopic (exact) mass is 349 g/mol. The van der Waals surface area contributed by atoms with Gasteiger partial charge in [0.15, 0.2) is 0 Å². The van der Waals surface area contributed by atoms with Crippen molar-refractivity contribution in [2.24, 2.45) is 0 Å². The molecule has 0 radical (unpaired) electrons. The number of anilines is 1. The predicted octanol–water partition coefficient (Wildman–Crippen LogP) is 2.33. The normalized spacial score (nSPS) is 19.0. The zero-order valence-electron chi connectivity index (χ0n) is 15.2. The summed E-state index contributed by atoms with van der Waals surface area (Å²) in [7, 11) is 3.93. The van der Waals surface area contributed by atoms with Gasteiger partial charge in [0.25, 0.3) is 5.91 Å². The van der Waals surface area contributed by atoms with Gasteiger partial charge >= 0.3 is 0 Å². The summed E-state index contributed by atoms with van der Waals surface area (Å²) in [6.45, 7) is 1.45. The third-order valence-corrected chi connectivity index (χ3v) is 5.37. The molecule has 4 rings (SSSR count). The highest BCUT2D eigenvalue weighted by atomic mass is 16.2. The molecular formula is C21H23N3O2. The molecule has 2 aromatic rings. The third kappa shape index (κ3) is 2.83. The van der Waals surface area contributed by atoms with Gasteiger partial charge in [-0.3, -0.25) is 9.59 Å². The highest BCUT2D eigenvalue weighted by Crippen LogP contribution is 2.33. The summed E-state index contributed by atoms with van der Waals surface area (Å²) in [6, 6.07) is 15.7. The van der Waals surface area contributed by atoms with E-state index in [9.17, 15) is 9.59 Å². The molecule has 0 spiro atoms. The van der Waals surface area contributed by atoms with Crippen LogP contribution in [0.5, 0.6) is 0 Å². The van der Waals surface area contributed by atoms with E-state index in [-0.39, 0.29) is 24.4 Å². The van der Waals surface area contributed by atoms with Crippen molar-refractivity contribution in [1.29, 1.82) is 0 Å². The molecular weight excluding hydrogens is 326 g/mol. The standard InChI is InChI=1S/C21H23N3O2/c1-22(2)17-9-7-16(8-10-17)21(26)23-13-19-18-6-4-3-5-15(18)11-12-24(19)20(25)14-23/h3-10,19H,11-14H2,1-2H3. The van der Waals surface area contributed by atoms with E-state index in [4.69, 9.17) is 0 Å². The molecule has 1 atom stereocenters. The van der Waals surface area contributed by atoms with Crippen LogP contribution in [0.15, 0.2) is 48.5 Å². The second kappa shape index (κ2) is 6.48. The van der Waals surface area contributed by atoms with Crippen molar-refractivity contribution in [3.8, 4) is 0 Å². The number of amides is 2. The average molecular weight is 349 g/mol. The molecule has 1 saturated heterocycles. The Hall–Kier alpha value is -2.82. The molecule has 5 nitrogen and oxygen atoms in total. The molecule has 1 fully saturated rings. The maximum atomic E-state index is 13.0. The van der Waals surface area contributed by atoms with Gasteiger partial charge in [-0.15, -0.1) is 0 Å². The fourth-order valence-electron chi connectivity index (χ4n) is 3.91. The van der Waals surface area contributed by atoms with Crippen LogP contribution in [-0.4, -0.2) is 55.3 Å². The van der Waals surface area contributed by atoms with E-state index in [1.54, 1.807) is 4.90 Å². The largest absolute Gasteiger partial charge is 0.378 e. The molecule has 0 bridgehead atoms. The van der Waals surface area contributed by atoms with Crippen LogP contribution >= 0.6 is 0 Å². The molecule has 0 N–H and O–H groups in total. The minimum absolute atomic E-state index is 0.0359. The SMILES string of the molecule is CN(C)c1ccc(C(=O)N2CC(=O)N3CCc4ccccc4C3C2)cc1. The molecule has 134 valence electrons. The van der Waals surface area contributed by atoms with Gasteiger partial charge in [-0.05, 0) is 41.8 Å². The highest BCUT2D eigenvalue weighted by molar-refractivity contribution is 5.97. The fraction of sp³-hybridized carbons (Fsp3) is 0.333. The number of piperazine rings is 1. The minimum atomic E-state index is -0.0774. The first-order valence-electron chi connectivity index (χ1n) is 8.98. The van der Waals surface area contributed by atoms with Crippen LogP contribution in [0.2, 0.25) is 0 Å². The summed E-state index contributed by atoms with van der Waals surface area (Å²) >= 11 is 0. The maximum Gasteiger partial charge on any atom is 0.254 e. The quantitative estimate of drug-likeness (QED) is 0.836. The molecule has 2 aliphatic rings. The van der Waals surface area contributed by atoms with Crippen LogP contribution in [-0.2, 0) is 11.2 Å². The number of rotatable bonds is 2. The van der Waals surface area contributed by atoms with Crippen molar-refractivity contribution in [2.45, 2.75) is 12.5 Å². The van der Waals surface area contributed by atoms with E-state index in [0.717, 1.165) is 18.7 Å². The van der Waals surface area contributed by atoms with Crippen molar-refractivity contribution in [2.75, 3.05) is 38.6 Å². The zero-order valence-corrected chi connectivity index (χ0v) is 15.2. The number of hydrogen-bond acceptors (Lipinski definition) is 3. The molecule has 0 saturated carbocycles. The van der Waals surface area contributed by atoms with Gasteiger partial charge in [-0.1, -0.05) is 24.3 Å². The van der Waals surface area contributed by atoms with E-state index in [0.29, 0.717) is 12.1 Å². The molecule has 26 heavy (non-hydrogen) atoms. The van der Waals surface area contributed by atoms with Gasteiger partial charge in [0.05, 0.1) is 6.04 Å². The second-order valence-electron chi connectivity index (χ2n) is 7.18. The smallest absolute Gasteiger partial charge is 0.254 e. The highest BCUT2D eigenvalue weighted by Gasteiger charge is 2.38. The first kappa shape index (κ1) is 16.6. The van der Waals surface area contributed by atoms with Crippen LogP contribution in [0, 0.1) is 0 Å². The van der Waals surface area contributed by atoms with Crippen LogP contribution in [0.3, 0.4) is 0 Å². The molecule has 0 aromatic heterocycles. The zero-order chi connectivity index (χ0) is 18.3. The Kier molecular flexibility index (Phi) is 4.15. The number of fused-ring (bicyclic) bond motifs is 3. The molecule has 1 unspecified atom stereocenters. The summed E-state index contributed by atoms with van der Waals surface area (Å²) < 4.78 is 0. The van der Waals surface area contributed by atoms with E-state index in [1.165, 1.54) is 11.1 Å².